The maximum absolute atomic E-state index is 12.9. The summed E-state index contributed by atoms with van der Waals surface area (Å²) in [7, 11) is 0. The number of amidine groups is 1. The fraction of sp³-hybridized carbons (Fsp3) is 0.179. The van der Waals surface area contributed by atoms with Gasteiger partial charge in [0.15, 0.2) is 5.75 Å². The number of hydrogen-bond donors (Lipinski definition) is 0. The van der Waals surface area contributed by atoms with Gasteiger partial charge < -0.3 is 14.5 Å². The average molecular weight is 536 g/mol. The van der Waals surface area contributed by atoms with Crippen molar-refractivity contribution in [3.05, 3.63) is 95.1 Å². The van der Waals surface area contributed by atoms with Crippen LogP contribution in [0.25, 0.3) is 11.3 Å². The fourth-order valence-electron chi connectivity index (χ4n) is 4.55. The van der Waals surface area contributed by atoms with Crippen molar-refractivity contribution in [2.24, 2.45) is 4.99 Å². The van der Waals surface area contributed by atoms with Crippen molar-refractivity contribution in [2.75, 3.05) is 31.1 Å². The minimum Gasteiger partial charge on any atom is -0.454 e. The summed E-state index contributed by atoms with van der Waals surface area (Å²) in [6.07, 6.45) is -2.75. The molecule has 0 amide bonds. The lowest BCUT2D eigenvalue weighted by Gasteiger charge is -2.36. The Morgan fingerprint density at radius 3 is 2.32 bits per heavy atom. The molecule has 0 atom stereocenters. The molecule has 0 N–H and O–H groups in total. The first-order valence-electron chi connectivity index (χ1n) is 12.0. The quantitative estimate of drug-likeness (QED) is 0.282. The number of piperazine rings is 1. The number of ether oxygens (including phenoxy) is 1. The highest BCUT2D eigenvalue weighted by atomic mass is 35.5. The van der Waals surface area contributed by atoms with E-state index in [0.717, 1.165) is 29.3 Å². The fourth-order valence-corrected chi connectivity index (χ4v) is 4.71. The number of para-hydroxylation sites is 1. The number of hydrogen-bond acceptors (Lipinski definition) is 6. The first-order chi connectivity index (χ1) is 18.3. The van der Waals surface area contributed by atoms with E-state index in [9.17, 15) is 13.2 Å². The summed E-state index contributed by atoms with van der Waals surface area (Å²) in [5.41, 5.74) is 2.04. The zero-order chi connectivity index (χ0) is 26.3. The number of aliphatic imine (C=N–C) groups is 1. The van der Waals surface area contributed by atoms with Gasteiger partial charge >= 0.3 is 6.18 Å². The molecule has 0 radical (unpaired) electrons. The molecule has 0 aliphatic carbocycles. The molecule has 1 aromatic heterocycles. The Morgan fingerprint density at radius 1 is 0.816 bits per heavy atom. The Balaban J connectivity index is 1.23. The molecule has 0 bridgehead atoms. The zero-order valence-electron chi connectivity index (χ0n) is 20.0. The number of aromatic nitrogens is 2. The van der Waals surface area contributed by atoms with Gasteiger partial charge in [-0.25, -0.2) is 15.0 Å². The van der Waals surface area contributed by atoms with Crippen LogP contribution in [0.15, 0.2) is 84.0 Å². The van der Waals surface area contributed by atoms with Gasteiger partial charge in [0, 0.05) is 43.0 Å². The van der Waals surface area contributed by atoms with Crippen LogP contribution in [-0.2, 0) is 6.18 Å². The lowest BCUT2D eigenvalue weighted by atomic mass is 10.1. The van der Waals surface area contributed by atoms with Crippen LogP contribution in [0.5, 0.6) is 11.5 Å². The van der Waals surface area contributed by atoms with E-state index in [4.69, 9.17) is 21.3 Å². The molecule has 0 unspecified atom stereocenters. The number of halogens is 4. The van der Waals surface area contributed by atoms with Gasteiger partial charge in [0.05, 0.1) is 16.8 Å². The molecule has 1 saturated heterocycles. The molecular formula is C28H21ClF3N5O. The first kappa shape index (κ1) is 24.2. The lowest BCUT2D eigenvalue weighted by Crippen LogP contribution is -2.49. The van der Waals surface area contributed by atoms with Crippen molar-refractivity contribution in [1.29, 1.82) is 0 Å². The maximum atomic E-state index is 12.9. The van der Waals surface area contributed by atoms with Crippen LogP contribution in [-0.4, -0.2) is 46.9 Å². The number of rotatable bonds is 2. The minimum absolute atomic E-state index is 0.533. The molecule has 6 rings (SSSR count). The van der Waals surface area contributed by atoms with Crippen molar-refractivity contribution in [2.45, 2.75) is 6.18 Å². The van der Waals surface area contributed by atoms with Gasteiger partial charge in [0.1, 0.15) is 17.3 Å². The predicted molar refractivity (Wildman–Crippen MR) is 140 cm³/mol. The van der Waals surface area contributed by atoms with E-state index in [1.165, 1.54) is 12.1 Å². The van der Waals surface area contributed by atoms with Crippen molar-refractivity contribution in [3.8, 4) is 22.8 Å². The lowest BCUT2D eigenvalue weighted by molar-refractivity contribution is -0.137. The Bertz CT molecular complexity index is 1520. The Morgan fingerprint density at radius 2 is 1.55 bits per heavy atom. The summed E-state index contributed by atoms with van der Waals surface area (Å²) >= 11 is 6.24. The Hall–Kier alpha value is -4.11. The van der Waals surface area contributed by atoms with Crippen LogP contribution in [0.1, 0.15) is 11.1 Å². The standard InChI is InChI=1S/C28H21ClF3N5O/c29-20-9-10-25-23(17-20)34-26(21-3-1-2-4-24(21)38-25)36-13-15-37(16-14-36)27-33-12-11-22(35-27)18-5-7-19(8-6-18)28(30,31)32/h1-12,17H,13-16H2. The second-order valence-electron chi connectivity index (χ2n) is 8.94. The van der Waals surface area contributed by atoms with Gasteiger partial charge in [-0.1, -0.05) is 35.9 Å². The highest BCUT2D eigenvalue weighted by molar-refractivity contribution is 6.31. The number of alkyl halides is 3. The first-order valence-corrected chi connectivity index (χ1v) is 12.4. The minimum atomic E-state index is -4.38. The molecule has 0 spiro atoms. The third-order valence-corrected chi connectivity index (χ3v) is 6.74. The summed E-state index contributed by atoms with van der Waals surface area (Å²) in [6.45, 7) is 2.61. The van der Waals surface area contributed by atoms with Crippen molar-refractivity contribution in [3.63, 3.8) is 0 Å². The Kier molecular flexibility index (Phi) is 6.15. The monoisotopic (exact) mass is 535 g/mol. The summed E-state index contributed by atoms with van der Waals surface area (Å²) in [5, 5.41) is 0.580. The second-order valence-corrected chi connectivity index (χ2v) is 9.37. The van der Waals surface area contributed by atoms with Crippen LogP contribution < -0.4 is 9.64 Å². The van der Waals surface area contributed by atoms with Gasteiger partial charge in [0.25, 0.3) is 0 Å². The molecule has 38 heavy (non-hydrogen) atoms. The average Bonchev–Trinajstić information content (AvgIpc) is 3.09. The van der Waals surface area contributed by atoms with Gasteiger partial charge in [-0.15, -0.1) is 0 Å². The van der Waals surface area contributed by atoms with Crippen LogP contribution in [0.2, 0.25) is 5.02 Å². The SMILES string of the molecule is FC(F)(F)c1ccc(-c2ccnc(N3CCN(C4=Nc5cc(Cl)ccc5Oc5ccccc54)CC3)n2)cc1. The smallest absolute Gasteiger partial charge is 0.416 e. The molecule has 3 heterocycles. The van der Waals surface area contributed by atoms with Crippen LogP contribution >= 0.6 is 11.6 Å². The van der Waals surface area contributed by atoms with Crippen LogP contribution in [0, 0.1) is 0 Å². The molecule has 192 valence electrons. The van der Waals surface area contributed by atoms with E-state index in [-0.39, 0.29) is 0 Å². The van der Waals surface area contributed by atoms with Crippen molar-refractivity contribution < 1.29 is 17.9 Å². The van der Waals surface area contributed by atoms with E-state index >= 15 is 0 Å². The largest absolute Gasteiger partial charge is 0.454 e. The van der Waals surface area contributed by atoms with E-state index in [0.29, 0.717) is 59.8 Å². The van der Waals surface area contributed by atoms with E-state index < -0.39 is 11.7 Å². The topological polar surface area (TPSA) is 53.9 Å². The summed E-state index contributed by atoms with van der Waals surface area (Å²) in [6, 6.07) is 19.9. The molecular weight excluding hydrogens is 515 g/mol. The van der Waals surface area contributed by atoms with E-state index in [1.807, 2.05) is 30.3 Å². The van der Waals surface area contributed by atoms with Crippen LogP contribution in [0.4, 0.5) is 24.8 Å². The van der Waals surface area contributed by atoms with Gasteiger partial charge in [-0.2, -0.15) is 13.2 Å². The summed E-state index contributed by atoms with van der Waals surface area (Å²) in [4.78, 5) is 18.3. The molecule has 10 heteroatoms. The zero-order valence-corrected chi connectivity index (χ0v) is 20.7. The number of benzene rings is 3. The van der Waals surface area contributed by atoms with E-state index in [2.05, 4.69) is 19.8 Å². The summed E-state index contributed by atoms with van der Waals surface area (Å²) in [5.74, 6) is 2.71. The van der Waals surface area contributed by atoms with Gasteiger partial charge in [0.2, 0.25) is 5.95 Å². The van der Waals surface area contributed by atoms with Crippen molar-refractivity contribution >= 4 is 29.1 Å². The molecule has 0 saturated carbocycles. The highest BCUT2D eigenvalue weighted by Gasteiger charge is 2.30. The molecule has 2 aliphatic heterocycles. The van der Waals surface area contributed by atoms with Gasteiger partial charge in [-0.05, 0) is 48.5 Å². The third kappa shape index (κ3) is 4.77. The van der Waals surface area contributed by atoms with Gasteiger partial charge in [-0.3, -0.25) is 0 Å². The third-order valence-electron chi connectivity index (χ3n) is 6.51. The number of fused-ring (bicyclic) bond motifs is 2. The highest BCUT2D eigenvalue weighted by Crippen LogP contribution is 2.39. The van der Waals surface area contributed by atoms with Crippen LogP contribution in [0.3, 0.4) is 0 Å². The molecule has 4 aromatic rings. The predicted octanol–water partition coefficient (Wildman–Crippen LogP) is 6.82. The van der Waals surface area contributed by atoms with E-state index in [1.54, 1.807) is 24.4 Å². The van der Waals surface area contributed by atoms with Crippen molar-refractivity contribution in [1.82, 2.24) is 14.9 Å². The molecule has 2 aliphatic rings. The summed E-state index contributed by atoms with van der Waals surface area (Å²) < 4.78 is 45.0. The Labute approximate surface area is 222 Å². The number of nitrogens with zero attached hydrogens (tertiary/aromatic N) is 5. The molecule has 3 aromatic carbocycles. The normalized spacial score (nSPS) is 15.2. The molecule has 6 nitrogen and oxygen atoms in total. The second kappa shape index (κ2) is 9.64. The number of anilines is 1. The maximum Gasteiger partial charge on any atom is 0.416 e. The molecule has 1 fully saturated rings.